The Labute approximate surface area is 114 Å². The van der Waals surface area contributed by atoms with Gasteiger partial charge in [-0.2, -0.15) is 0 Å². The van der Waals surface area contributed by atoms with Crippen LogP contribution >= 0.6 is 0 Å². The van der Waals surface area contributed by atoms with Crippen LogP contribution < -0.4 is 0 Å². The second-order valence-corrected chi connectivity index (χ2v) is 6.01. The molecule has 0 aliphatic carbocycles. The first-order valence-corrected chi connectivity index (χ1v) is 7.29. The molecule has 2 heteroatoms. The van der Waals surface area contributed by atoms with Gasteiger partial charge in [0.05, 0.1) is 6.04 Å². The van der Waals surface area contributed by atoms with Crippen molar-refractivity contribution in [3.63, 3.8) is 0 Å². The molecule has 5 rings (SSSR count). The minimum atomic E-state index is 0.586. The molecule has 3 saturated heterocycles. The van der Waals surface area contributed by atoms with Crippen molar-refractivity contribution in [3.05, 3.63) is 48.7 Å². The highest BCUT2D eigenvalue weighted by Gasteiger charge is 2.39. The van der Waals surface area contributed by atoms with E-state index >= 15 is 0 Å². The number of benzene rings is 1. The van der Waals surface area contributed by atoms with Gasteiger partial charge in [-0.05, 0) is 48.7 Å². The maximum atomic E-state index is 4.00. The average Bonchev–Trinajstić information content (AvgIpc) is 2.91. The molecule has 4 atom stereocenters. The lowest BCUT2D eigenvalue weighted by Crippen LogP contribution is -2.48. The maximum Gasteiger partial charge on any atom is 0.0501 e. The van der Waals surface area contributed by atoms with E-state index in [9.17, 15) is 0 Å². The van der Waals surface area contributed by atoms with Crippen molar-refractivity contribution in [2.45, 2.75) is 18.9 Å². The van der Waals surface area contributed by atoms with Crippen molar-refractivity contribution < 1.29 is 0 Å². The molecule has 4 heterocycles. The highest BCUT2D eigenvalue weighted by Crippen LogP contribution is 2.43. The van der Waals surface area contributed by atoms with Crippen LogP contribution in [0.1, 0.15) is 24.6 Å². The molecule has 0 saturated carbocycles. The molecule has 1 aromatic carbocycles. The number of aromatic amines is 1. The van der Waals surface area contributed by atoms with E-state index in [-0.39, 0.29) is 0 Å². The third kappa shape index (κ3) is 1.74. The van der Waals surface area contributed by atoms with E-state index in [4.69, 9.17) is 0 Å². The monoisotopic (exact) mass is 252 g/mol. The molecule has 3 fully saturated rings. The third-order valence-electron chi connectivity index (χ3n) is 5.02. The first-order valence-electron chi connectivity index (χ1n) is 7.29. The van der Waals surface area contributed by atoms with Gasteiger partial charge in [-0.25, -0.2) is 0 Å². The fourth-order valence-corrected chi connectivity index (χ4v) is 3.93. The molecule has 1 aromatic heterocycles. The Balaban J connectivity index is 1.68. The van der Waals surface area contributed by atoms with Crippen LogP contribution in [0, 0.1) is 11.8 Å². The fourth-order valence-electron chi connectivity index (χ4n) is 3.93. The van der Waals surface area contributed by atoms with Crippen LogP contribution in [0.25, 0.3) is 10.9 Å². The molecule has 2 bridgehead atoms. The van der Waals surface area contributed by atoms with Gasteiger partial charge >= 0.3 is 0 Å². The summed E-state index contributed by atoms with van der Waals surface area (Å²) in [6, 6.07) is 11.5. The van der Waals surface area contributed by atoms with Crippen molar-refractivity contribution in [3.8, 4) is 0 Å². The normalized spacial score (nSPS) is 33.7. The summed E-state index contributed by atoms with van der Waals surface area (Å²) in [7, 11) is 0. The highest BCUT2D eigenvalue weighted by molar-refractivity contribution is 5.80. The molecule has 0 amide bonds. The Hall–Kier alpha value is -1.54. The first kappa shape index (κ1) is 11.3. The van der Waals surface area contributed by atoms with Crippen LogP contribution in [0.2, 0.25) is 0 Å². The number of nitrogens with one attached hydrogen (secondary N) is 1. The standard InChI is InChI=1S/C17H20N2/c1-2-12-11-19-8-7-13(12)10-17(19)16-9-14-5-3-4-6-15(14)18-16/h2-6,9,12-13,17-18H,1,7-8,10-11H2/t12-,13+,17+/m0/s1. The molecule has 1 unspecified atom stereocenters. The predicted molar refractivity (Wildman–Crippen MR) is 79.0 cm³/mol. The molecule has 3 aliphatic rings. The summed E-state index contributed by atoms with van der Waals surface area (Å²) in [5.74, 6) is 1.54. The Morgan fingerprint density at radius 3 is 2.95 bits per heavy atom. The minimum Gasteiger partial charge on any atom is -0.357 e. The van der Waals surface area contributed by atoms with Gasteiger partial charge in [-0.1, -0.05) is 24.3 Å². The maximum absolute atomic E-state index is 4.00. The second kappa shape index (κ2) is 4.24. The summed E-state index contributed by atoms with van der Waals surface area (Å²) < 4.78 is 0. The lowest BCUT2D eigenvalue weighted by atomic mass is 9.75. The van der Waals surface area contributed by atoms with Crippen molar-refractivity contribution >= 4 is 10.9 Å². The Morgan fingerprint density at radius 2 is 2.21 bits per heavy atom. The molecule has 1 N–H and O–H groups in total. The number of rotatable bonds is 2. The quantitative estimate of drug-likeness (QED) is 0.807. The van der Waals surface area contributed by atoms with Gasteiger partial charge in [0.15, 0.2) is 0 Å². The lowest BCUT2D eigenvalue weighted by molar-refractivity contribution is 0.0167. The number of hydrogen-bond acceptors (Lipinski definition) is 1. The van der Waals surface area contributed by atoms with Gasteiger partial charge in [0, 0.05) is 17.8 Å². The molecule has 0 radical (unpaired) electrons. The minimum absolute atomic E-state index is 0.586. The van der Waals surface area contributed by atoms with E-state index in [1.54, 1.807) is 0 Å². The summed E-state index contributed by atoms with van der Waals surface area (Å²) in [5.41, 5.74) is 2.66. The first-order chi connectivity index (χ1) is 9.35. The molecule has 98 valence electrons. The number of para-hydroxylation sites is 1. The molecule has 0 spiro atoms. The summed E-state index contributed by atoms with van der Waals surface area (Å²) in [6.45, 7) is 6.43. The van der Waals surface area contributed by atoms with Crippen LogP contribution in [-0.2, 0) is 0 Å². The number of nitrogens with zero attached hydrogens (tertiary/aromatic N) is 1. The molecule has 19 heavy (non-hydrogen) atoms. The van der Waals surface area contributed by atoms with Crippen molar-refractivity contribution in [2.75, 3.05) is 13.1 Å². The number of aromatic nitrogens is 1. The van der Waals surface area contributed by atoms with E-state index in [2.05, 4.69) is 52.9 Å². The third-order valence-corrected chi connectivity index (χ3v) is 5.02. The van der Waals surface area contributed by atoms with E-state index in [0.717, 1.165) is 5.92 Å². The van der Waals surface area contributed by atoms with Gasteiger partial charge < -0.3 is 4.98 Å². The van der Waals surface area contributed by atoms with Crippen LogP contribution in [0.4, 0.5) is 0 Å². The van der Waals surface area contributed by atoms with Gasteiger partial charge in [-0.15, -0.1) is 6.58 Å². The largest absolute Gasteiger partial charge is 0.357 e. The lowest BCUT2D eigenvalue weighted by Gasteiger charge is -2.48. The number of hydrogen-bond donors (Lipinski definition) is 1. The SMILES string of the molecule is C=C[C@H]1CN2CC[C@@H]1C[C@@H]2c1cc2ccccc2[nH]1. The summed E-state index contributed by atoms with van der Waals surface area (Å²) in [6.07, 6.45) is 4.79. The molecular weight excluding hydrogens is 232 g/mol. The molecule has 2 nitrogen and oxygen atoms in total. The Kier molecular flexibility index (Phi) is 2.52. The molecule has 2 aromatic rings. The van der Waals surface area contributed by atoms with Crippen molar-refractivity contribution in [1.82, 2.24) is 9.88 Å². The van der Waals surface area contributed by atoms with E-state index in [0.29, 0.717) is 12.0 Å². The van der Waals surface area contributed by atoms with E-state index in [1.807, 2.05) is 0 Å². The van der Waals surface area contributed by atoms with Gasteiger partial charge in [0.1, 0.15) is 0 Å². The second-order valence-electron chi connectivity index (χ2n) is 6.01. The highest BCUT2D eigenvalue weighted by atomic mass is 15.2. The topological polar surface area (TPSA) is 19.0 Å². The Morgan fingerprint density at radius 1 is 1.32 bits per heavy atom. The number of fused-ring (bicyclic) bond motifs is 4. The van der Waals surface area contributed by atoms with Crippen LogP contribution in [0.5, 0.6) is 0 Å². The Bertz CT molecular complexity index is 580. The van der Waals surface area contributed by atoms with Crippen LogP contribution in [0.3, 0.4) is 0 Å². The van der Waals surface area contributed by atoms with Gasteiger partial charge in [0.25, 0.3) is 0 Å². The zero-order chi connectivity index (χ0) is 12.8. The van der Waals surface area contributed by atoms with Crippen LogP contribution in [-0.4, -0.2) is 23.0 Å². The van der Waals surface area contributed by atoms with Gasteiger partial charge in [-0.3, -0.25) is 4.90 Å². The molecular formula is C17H20N2. The summed E-state index contributed by atoms with van der Waals surface area (Å²) >= 11 is 0. The molecule has 3 aliphatic heterocycles. The zero-order valence-corrected chi connectivity index (χ0v) is 11.2. The van der Waals surface area contributed by atoms with Crippen molar-refractivity contribution in [2.24, 2.45) is 11.8 Å². The number of H-pyrrole nitrogens is 1. The van der Waals surface area contributed by atoms with E-state index < -0.39 is 0 Å². The van der Waals surface area contributed by atoms with E-state index in [1.165, 1.54) is 42.5 Å². The average molecular weight is 252 g/mol. The van der Waals surface area contributed by atoms with Crippen molar-refractivity contribution in [1.29, 1.82) is 0 Å². The zero-order valence-electron chi connectivity index (χ0n) is 11.2. The van der Waals surface area contributed by atoms with Crippen LogP contribution in [0.15, 0.2) is 43.0 Å². The predicted octanol–water partition coefficient (Wildman–Crippen LogP) is 3.74. The van der Waals surface area contributed by atoms with Gasteiger partial charge in [0.2, 0.25) is 0 Å². The fraction of sp³-hybridized carbons (Fsp3) is 0.412. The summed E-state index contributed by atoms with van der Waals surface area (Å²) in [5, 5.41) is 1.33. The number of piperidine rings is 3. The smallest absolute Gasteiger partial charge is 0.0501 e. The summed E-state index contributed by atoms with van der Waals surface area (Å²) in [4.78, 5) is 6.25.